The Balaban J connectivity index is 1.81. The van der Waals surface area contributed by atoms with Crippen molar-refractivity contribution >= 4 is 29.1 Å². The third-order valence-corrected chi connectivity index (χ3v) is 4.09. The summed E-state index contributed by atoms with van der Waals surface area (Å²) in [5.74, 6) is -0.447. The molecule has 0 spiro atoms. The summed E-state index contributed by atoms with van der Waals surface area (Å²) in [5.41, 5.74) is 0.782. The number of nitrogens with zero attached hydrogens (tertiary/aromatic N) is 3. The topological polar surface area (TPSA) is 116 Å². The first kappa shape index (κ1) is 20.0. The van der Waals surface area contributed by atoms with Crippen molar-refractivity contribution in [2.75, 3.05) is 12.4 Å². The van der Waals surface area contributed by atoms with E-state index in [9.17, 15) is 14.9 Å². The predicted molar refractivity (Wildman–Crippen MR) is 105 cm³/mol. The summed E-state index contributed by atoms with van der Waals surface area (Å²) in [6.45, 7) is 0.294. The molecule has 0 atom stereocenters. The molecular weight excluding hydrogens is 400 g/mol. The lowest BCUT2D eigenvalue weighted by atomic mass is 10.2. The molecule has 0 unspecified atom stereocenters. The highest BCUT2D eigenvalue weighted by molar-refractivity contribution is 6.30. The van der Waals surface area contributed by atoms with Crippen LogP contribution in [0.3, 0.4) is 0 Å². The van der Waals surface area contributed by atoms with Crippen LogP contribution in [0.5, 0.6) is 11.6 Å². The van der Waals surface area contributed by atoms with Crippen LogP contribution < -0.4 is 10.1 Å². The summed E-state index contributed by atoms with van der Waals surface area (Å²) in [6, 6.07) is 13.0. The highest BCUT2D eigenvalue weighted by Gasteiger charge is 2.25. The van der Waals surface area contributed by atoms with E-state index in [4.69, 9.17) is 16.3 Å². The Hall–Kier alpha value is -3.72. The number of nitrogens with one attached hydrogen (secondary N) is 1. The number of rotatable bonds is 7. The molecule has 0 aliphatic rings. The molecule has 0 saturated heterocycles. The largest absolute Gasteiger partial charge is 0.465 e. The molecule has 0 fully saturated rings. The molecule has 10 heteroatoms. The van der Waals surface area contributed by atoms with Crippen molar-refractivity contribution in [3.8, 4) is 11.6 Å². The zero-order chi connectivity index (χ0) is 20.8. The fraction of sp³-hybridized carbons (Fsp3) is 0.105. The molecule has 1 heterocycles. The summed E-state index contributed by atoms with van der Waals surface area (Å²) in [4.78, 5) is 30.3. The van der Waals surface area contributed by atoms with Crippen molar-refractivity contribution in [3.63, 3.8) is 0 Å². The molecule has 29 heavy (non-hydrogen) atoms. The van der Waals surface area contributed by atoms with Gasteiger partial charge in [-0.3, -0.25) is 10.1 Å². The fourth-order valence-corrected chi connectivity index (χ4v) is 2.53. The van der Waals surface area contributed by atoms with E-state index in [1.807, 2.05) is 0 Å². The normalized spacial score (nSPS) is 10.3. The number of esters is 1. The number of ether oxygens (including phenoxy) is 2. The molecule has 1 N–H and O–H groups in total. The quantitative estimate of drug-likeness (QED) is 0.347. The number of nitro groups is 1. The SMILES string of the molecule is COC(=O)c1ccc(Oc2ncnc(NCc3ccc(Cl)cc3)c2[N+](=O)[O-])cc1. The summed E-state index contributed by atoms with van der Waals surface area (Å²) < 4.78 is 10.2. The summed E-state index contributed by atoms with van der Waals surface area (Å²) in [5, 5.41) is 15.1. The van der Waals surface area contributed by atoms with Gasteiger partial charge in [0, 0.05) is 11.6 Å². The maximum Gasteiger partial charge on any atom is 0.373 e. The smallest absolute Gasteiger partial charge is 0.373 e. The Morgan fingerprint density at radius 1 is 1.14 bits per heavy atom. The summed E-state index contributed by atoms with van der Waals surface area (Å²) in [6.07, 6.45) is 1.16. The van der Waals surface area contributed by atoms with Crippen molar-refractivity contribution in [1.29, 1.82) is 0 Å². The van der Waals surface area contributed by atoms with Crippen molar-refractivity contribution in [2.24, 2.45) is 0 Å². The van der Waals surface area contributed by atoms with Crippen LogP contribution in [0.25, 0.3) is 0 Å². The van der Waals surface area contributed by atoms with E-state index >= 15 is 0 Å². The predicted octanol–water partition coefficient (Wildman–Crippen LogP) is 4.23. The van der Waals surface area contributed by atoms with Crippen LogP contribution in [0.2, 0.25) is 5.02 Å². The van der Waals surface area contributed by atoms with Gasteiger partial charge in [-0.2, -0.15) is 4.98 Å². The molecule has 0 aliphatic heterocycles. The Kier molecular flexibility index (Phi) is 6.20. The van der Waals surface area contributed by atoms with Crippen LogP contribution in [0.1, 0.15) is 15.9 Å². The lowest BCUT2D eigenvalue weighted by Crippen LogP contribution is -2.07. The first-order valence-corrected chi connectivity index (χ1v) is 8.69. The van der Waals surface area contributed by atoms with Crippen molar-refractivity contribution in [3.05, 3.63) is 81.1 Å². The molecule has 0 aliphatic carbocycles. The van der Waals surface area contributed by atoms with Gasteiger partial charge in [-0.25, -0.2) is 9.78 Å². The van der Waals surface area contributed by atoms with Gasteiger partial charge in [-0.1, -0.05) is 23.7 Å². The van der Waals surface area contributed by atoms with Crippen LogP contribution >= 0.6 is 11.6 Å². The maximum absolute atomic E-state index is 11.6. The first-order chi connectivity index (χ1) is 14.0. The number of hydrogen-bond donors (Lipinski definition) is 1. The standard InChI is InChI=1S/C19H15ClN4O5/c1-28-19(25)13-4-8-15(9-5-13)29-18-16(24(26)27)17(22-11-23-18)21-10-12-2-6-14(20)7-3-12/h2-9,11H,10H2,1H3,(H,21,22,23). The Morgan fingerprint density at radius 3 is 2.45 bits per heavy atom. The van der Waals surface area contributed by atoms with E-state index in [0.29, 0.717) is 17.1 Å². The van der Waals surface area contributed by atoms with Gasteiger partial charge in [0.15, 0.2) is 0 Å². The van der Waals surface area contributed by atoms with Gasteiger partial charge in [0.2, 0.25) is 5.82 Å². The molecule has 9 nitrogen and oxygen atoms in total. The second-order valence-corrected chi connectivity index (χ2v) is 6.17. The second-order valence-electron chi connectivity index (χ2n) is 5.73. The number of halogens is 1. The molecule has 3 aromatic rings. The zero-order valence-electron chi connectivity index (χ0n) is 15.2. The average Bonchev–Trinajstić information content (AvgIpc) is 2.73. The third-order valence-electron chi connectivity index (χ3n) is 3.83. The van der Waals surface area contributed by atoms with Gasteiger partial charge < -0.3 is 14.8 Å². The average molecular weight is 415 g/mol. The summed E-state index contributed by atoms with van der Waals surface area (Å²) in [7, 11) is 1.27. The van der Waals surface area contributed by atoms with E-state index in [0.717, 1.165) is 11.9 Å². The molecule has 0 bridgehead atoms. The van der Waals surface area contributed by atoms with Crippen LogP contribution in [-0.2, 0) is 11.3 Å². The molecule has 3 rings (SSSR count). The minimum atomic E-state index is -0.623. The van der Waals surface area contributed by atoms with Gasteiger partial charge in [-0.15, -0.1) is 0 Å². The van der Waals surface area contributed by atoms with Gasteiger partial charge in [0.25, 0.3) is 0 Å². The Labute approximate surface area is 170 Å². The third kappa shape index (κ3) is 4.96. The highest BCUT2D eigenvalue weighted by Crippen LogP contribution is 2.34. The van der Waals surface area contributed by atoms with E-state index in [2.05, 4.69) is 20.0 Å². The van der Waals surface area contributed by atoms with Gasteiger partial charge >= 0.3 is 17.5 Å². The number of carbonyl (C=O) groups is 1. The first-order valence-electron chi connectivity index (χ1n) is 8.32. The van der Waals surface area contributed by atoms with Gasteiger partial charge in [0.05, 0.1) is 17.6 Å². The molecule has 148 valence electrons. The van der Waals surface area contributed by atoms with Gasteiger partial charge in [-0.05, 0) is 42.0 Å². The van der Waals surface area contributed by atoms with Crippen molar-refractivity contribution < 1.29 is 19.2 Å². The second kappa shape index (κ2) is 8.98. The molecule has 0 saturated carbocycles. The Bertz CT molecular complexity index is 1030. The van der Waals surface area contributed by atoms with Crippen molar-refractivity contribution in [2.45, 2.75) is 6.54 Å². The van der Waals surface area contributed by atoms with Crippen LogP contribution in [0.4, 0.5) is 11.5 Å². The zero-order valence-corrected chi connectivity index (χ0v) is 15.9. The van der Waals surface area contributed by atoms with E-state index < -0.39 is 16.6 Å². The molecule has 2 aromatic carbocycles. The maximum atomic E-state index is 11.6. The van der Waals surface area contributed by atoms with Crippen LogP contribution in [0, 0.1) is 10.1 Å². The lowest BCUT2D eigenvalue weighted by molar-refractivity contribution is -0.385. The van der Waals surface area contributed by atoms with Gasteiger partial charge in [0.1, 0.15) is 12.1 Å². The van der Waals surface area contributed by atoms with E-state index in [1.54, 1.807) is 24.3 Å². The lowest BCUT2D eigenvalue weighted by Gasteiger charge is -2.10. The number of anilines is 1. The van der Waals surface area contributed by atoms with Crippen LogP contribution in [-0.4, -0.2) is 28.0 Å². The number of methoxy groups -OCH3 is 1. The van der Waals surface area contributed by atoms with E-state index in [-0.39, 0.29) is 17.4 Å². The fourth-order valence-electron chi connectivity index (χ4n) is 2.41. The molecule has 0 radical (unpaired) electrons. The minimum Gasteiger partial charge on any atom is -0.465 e. The summed E-state index contributed by atoms with van der Waals surface area (Å²) >= 11 is 5.86. The Morgan fingerprint density at radius 2 is 1.83 bits per heavy atom. The molecule has 0 amide bonds. The number of benzene rings is 2. The monoisotopic (exact) mass is 414 g/mol. The molecular formula is C19H15ClN4O5. The molecule has 1 aromatic heterocycles. The number of aromatic nitrogens is 2. The minimum absolute atomic E-state index is 0.0149. The number of hydrogen-bond acceptors (Lipinski definition) is 8. The number of carbonyl (C=O) groups excluding carboxylic acids is 1. The van der Waals surface area contributed by atoms with E-state index in [1.165, 1.54) is 31.4 Å². The highest BCUT2D eigenvalue weighted by atomic mass is 35.5. The van der Waals surface area contributed by atoms with Crippen molar-refractivity contribution in [1.82, 2.24) is 9.97 Å². The van der Waals surface area contributed by atoms with Crippen LogP contribution in [0.15, 0.2) is 54.9 Å².